The first-order chi connectivity index (χ1) is 8.06. The van der Waals surface area contributed by atoms with Gasteiger partial charge in [-0.3, -0.25) is 0 Å². The van der Waals surface area contributed by atoms with E-state index in [0.717, 1.165) is 13.0 Å². The van der Waals surface area contributed by atoms with Gasteiger partial charge in [0.15, 0.2) is 0 Å². The van der Waals surface area contributed by atoms with Crippen LogP contribution in [0, 0.1) is 0 Å². The first-order valence-electron chi connectivity index (χ1n) is 5.65. The van der Waals surface area contributed by atoms with Crippen molar-refractivity contribution >= 4 is 10.0 Å². The van der Waals surface area contributed by atoms with E-state index >= 15 is 0 Å². The molecule has 6 nitrogen and oxygen atoms in total. The number of hydrogen-bond donors (Lipinski definition) is 2. The molecule has 1 atom stereocenters. The topological polar surface area (TPSA) is 76.0 Å². The lowest BCUT2D eigenvalue weighted by Crippen LogP contribution is -2.38. The number of sulfonamides is 1. The van der Waals surface area contributed by atoms with Crippen LogP contribution in [0.15, 0.2) is 18.7 Å². The minimum Gasteiger partial charge on any atom is -0.337 e. The fourth-order valence-corrected chi connectivity index (χ4v) is 2.53. The zero-order valence-electron chi connectivity index (χ0n) is 10.3. The van der Waals surface area contributed by atoms with Crippen molar-refractivity contribution < 1.29 is 8.42 Å². The van der Waals surface area contributed by atoms with Crippen molar-refractivity contribution in [3.05, 3.63) is 18.7 Å². The van der Waals surface area contributed by atoms with Crippen LogP contribution in [0.2, 0.25) is 0 Å². The summed E-state index contributed by atoms with van der Waals surface area (Å²) in [5.41, 5.74) is 0. The lowest BCUT2D eigenvalue weighted by atomic mass is 10.4. The summed E-state index contributed by atoms with van der Waals surface area (Å²) in [4.78, 5) is 3.92. The van der Waals surface area contributed by atoms with Gasteiger partial charge in [-0.1, -0.05) is 0 Å². The third-order valence-corrected chi connectivity index (χ3v) is 4.31. The van der Waals surface area contributed by atoms with Crippen LogP contribution in [-0.2, 0) is 16.6 Å². The van der Waals surface area contributed by atoms with Crippen molar-refractivity contribution in [2.75, 3.05) is 20.1 Å². The predicted octanol–water partition coefficient (Wildman–Crippen LogP) is -0.199. The van der Waals surface area contributed by atoms with Gasteiger partial charge in [-0.25, -0.2) is 18.1 Å². The van der Waals surface area contributed by atoms with Crippen LogP contribution < -0.4 is 10.0 Å². The molecular weight excluding hydrogens is 240 g/mol. The van der Waals surface area contributed by atoms with E-state index in [9.17, 15) is 8.42 Å². The molecule has 0 saturated heterocycles. The van der Waals surface area contributed by atoms with Crippen molar-refractivity contribution in [3.8, 4) is 0 Å². The molecule has 17 heavy (non-hydrogen) atoms. The quantitative estimate of drug-likeness (QED) is 0.635. The van der Waals surface area contributed by atoms with Crippen LogP contribution in [-0.4, -0.2) is 43.4 Å². The summed E-state index contributed by atoms with van der Waals surface area (Å²) < 4.78 is 27.9. The molecule has 0 aromatic carbocycles. The standard InChI is InChI=1S/C10H20N4O2S/c1-10(8-11-2)17(15,16)13-4-3-6-14-7-5-12-9-14/h5,7,9-11,13H,3-4,6,8H2,1-2H3. The predicted molar refractivity (Wildman–Crippen MR) is 67.2 cm³/mol. The normalized spacial score (nSPS) is 13.8. The third-order valence-electron chi connectivity index (χ3n) is 2.48. The molecule has 1 aromatic heterocycles. The molecule has 0 aliphatic heterocycles. The van der Waals surface area contributed by atoms with E-state index in [4.69, 9.17) is 0 Å². The molecule has 1 unspecified atom stereocenters. The molecule has 1 rings (SSSR count). The summed E-state index contributed by atoms with van der Waals surface area (Å²) in [6.45, 7) is 3.36. The summed E-state index contributed by atoms with van der Waals surface area (Å²) in [6.07, 6.45) is 6.04. The van der Waals surface area contributed by atoms with Crippen LogP contribution in [0.4, 0.5) is 0 Å². The van der Waals surface area contributed by atoms with Gasteiger partial charge >= 0.3 is 0 Å². The maximum absolute atomic E-state index is 11.7. The van der Waals surface area contributed by atoms with Gasteiger partial charge in [0, 0.05) is 32.0 Å². The van der Waals surface area contributed by atoms with Crippen LogP contribution >= 0.6 is 0 Å². The molecule has 1 aromatic rings. The number of nitrogens with one attached hydrogen (secondary N) is 2. The Labute approximate surface area is 102 Å². The Kier molecular flexibility index (Phi) is 5.60. The van der Waals surface area contributed by atoms with Crippen molar-refractivity contribution in [3.63, 3.8) is 0 Å². The Bertz CT molecular complexity index is 402. The second kappa shape index (κ2) is 6.73. The van der Waals surface area contributed by atoms with E-state index in [0.29, 0.717) is 13.1 Å². The zero-order chi connectivity index (χ0) is 12.7. The molecule has 0 aliphatic rings. The molecule has 0 amide bonds. The lowest BCUT2D eigenvalue weighted by molar-refractivity contribution is 0.554. The highest BCUT2D eigenvalue weighted by Gasteiger charge is 2.18. The van der Waals surface area contributed by atoms with Crippen LogP contribution in [0.1, 0.15) is 13.3 Å². The summed E-state index contributed by atoms with van der Waals surface area (Å²) in [7, 11) is -1.46. The van der Waals surface area contributed by atoms with Crippen LogP contribution in [0.3, 0.4) is 0 Å². The smallest absolute Gasteiger partial charge is 0.215 e. The molecule has 0 saturated carbocycles. The fourth-order valence-electron chi connectivity index (χ4n) is 1.43. The summed E-state index contributed by atoms with van der Waals surface area (Å²) >= 11 is 0. The van der Waals surface area contributed by atoms with E-state index in [1.807, 2.05) is 10.8 Å². The average molecular weight is 260 g/mol. The largest absolute Gasteiger partial charge is 0.337 e. The fraction of sp³-hybridized carbons (Fsp3) is 0.700. The van der Waals surface area contributed by atoms with Crippen molar-refractivity contribution in [2.45, 2.75) is 25.1 Å². The number of aryl methyl sites for hydroxylation is 1. The number of hydrogen-bond acceptors (Lipinski definition) is 4. The first kappa shape index (κ1) is 14.1. The highest BCUT2D eigenvalue weighted by atomic mass is 32.2. The van der Waals surface area contributed by atoms with Crippen molar-refractivity contribution in [2.24, 2.45) is 0 Å². The Morgan fingerprint density at radius 3 is 2.82 bits per heavy atom. The van der Waals surface area contributed by atoms with Gasteiger partial charge in [-0.05, 0) is 20.4 Å². The Balaban J connectivity index is 2.25. The SMILES string of the molecule is CNCC(C)S(=O)(=O)NCCCn1ccnc1. The molecule has 7 heteroatoms. The highest BCUT2D eigenvalue weighted by Crippen LogP contribution is 1.97. The van der Waals surface area contributed by atoms with Gasteiger partial charge in [0.1, 0.15) is 0 Å². The second-order valence-corrected chi connectivity index (χ2v) is 6.15. The van der Waals surface area contributed by atoms with E-state index in [-0.39, 0.29) is 0 Å². The Morgan fingerprint density at radius 1 is 1.47 bits per heavy atom. The molecule has 0 aliphatic carbocycles. The van der Waals surface area contributed by atoms with Gasteiger partial charge in [0.05, 0.1) is 11.6 Å². The maximum atomic E-state index is 11.7. The number of rotatable bonds is 8. The number of nitrogens with zero attached hydrogens (tertiary/aromatic N) is 2. The monoisotopic (exact) mass is 260 g/mol. The lowest BCUT2D eigenvalue weighted by Gasteiger charge is -2.13. The highest BCUT2D eigenvalue weighted by molar-refractivity contribution is 7.90. The van der Waals surface area contributed by atoms with Gasteiger partial charge < -0.3 is 9.88 Å². The summed E-state index contributed by atoms with van der Waals surface area (Å²) in [5.74, 6) is 0. The van der Waals surface area contributed by atoms with E-state index < -0.39 is 15.3 Å². The molecule has 0 bridgehead atoms. The molecule has 0 radical (unpaired) electrons. The second-order valence-electron chi connectivity index (χ2n) is 3.96. The van der Waals surface area contributed by atoms with Gasteiger partial charge in [0.2, 0.25) is 10.0 Å². The average Bonchev–Trinajstić information content (AvgIpc) is 2.77. The molecule has 2 N–H and O–H groups in total. The van der Waals surface area contributed by atoms with E-state index in [2.05, 4.69) is 15.0 Å². The number of aromatic nitrogens is 2. The minimum atomic E-state index is -3.20. The van der Waals surface area contributed by atoms with Crippen LogP contribution in [0.5, 0.6) is 0 Å². The van der Waals surface area contributed by atoms with Crippen molar-refractivity contribution in [1.82, 2.24) is 19.6 Å². The first-order valence-corrected chi connectivity index (χ1v) is 7.19. The van der Waals surface area contributed by atoms with Gasteiger partial charge in [-0.2, -0.15) is 0 Å². The molecule has 0 spiro atoms. The molecular formula is C10H20N4O2S. The zero-order valence-corrected chi connectivity index (χ0v) is 11.1. The summed E-state index contributed by atoms with van der Waals surface area (Å²) in [5, 5.41) is 2.44. The van der Waals surface area contributed by atoms with Gasteiger partial charge in [-0.15, -0.1) is 0 Å². The maximum Gasteiger partial charge on any atom is 0.215 e. The Morgan fingerprint density at radius 2 is 2.24 bits per heavy atom. The molecule has 0 fully saturated rings. The Hall–Kier alpha value is -0.920. The van der Waals surface area contributed by atoms with Crippen LogP contribution in [0.25, 0.3) is 0 Å². The third kappa shape index (κ3) is 4.84. The number of imidazole rings is 1. The summed E-state index contributed by atoms with van der Waals surface area (Å²) in [6, 6.07) is 0. The van der Waals surface area contributed by atoms with Gasteiger partial charge in [0.25, 0.3) is 0 Å². The minimum absolute atomic E-state index is 0.416. The van der Waals surface area contributed by atoms with E-state index in [1.54, 1.807) is 26.5 Å². The van der Waals surface area contributed by atoms with Crippen molar-refractivity contribution in [1.29, 1.82) is 0 Å². The molecule has 1 heterocycles. The molecule has 98 valence electrons. The van der Waals surface area contributed by atoms with E-state index in [1.165, 1.54) is 0 Å².